The SMILES string of the molecule is CC(C)NCc1cnc(N(C)CCc2ccccn2)s1. The minimum Gasteiger partial charge on any atom is -0.351 e. The van der Waals surface area contributed by atoms with E-state index in [1.54, 1.807) is 11.3 Å². The van der Waals surface area contributed by atoms with E-state index in [1.807, 2.05) is 24.5 Å². The molecule has 0 unspecified atom stereocenters. The molecule has 2 aromatic rings. The van der Waals surface area contributed by atoms with Crippen LogP contribution in [-0.4, -0.2) is 29.6 Å². The van der Waals surface area contributed by atoms with Gasteiger partial charge in [-0.15, -0.1) is 11.3 Å². The summed E-state index contributed by atoms with van der Waals surface area (Å²) < 4.78 is 0. The molecule has 0 radical (unpaired) electrons. The van der Waals surface area contributed by atoms with Crippen LogP contribution in [-0.2, 0) is 13.0 Å². The maximum Gasteiger partial charge on any atom is 0.185 e. The number of aromatic nitrogens is 2. The molecule has 0 aromatic carbocycles. The summed E-state index contributed by atoms with van der Waals surface area (Å²) in [7, 11) is 2.08. The number of likely N-dealkylation sites (N-methyl/N-ethyl adjacent to an activating group) is 1. The first-order chi connectivity index (χ1) is 9.65. The summed E-state index contributed by atoms with van der Waals surface area (Å²) in [5, 5.41) is 4.48. The summed E-state index contributed by atoms with van der Waals surface area (Å²) in [6.07, 6.45) is 4.75. The van der Waals surface area contributed by atoms with Crippen molar-refractivity contribution in [3.05, 3.63) is 41.2 Å². The van der Waals surface area contributed by atoms with E-state index in [9.17, 15) is 0 Å². The fourth-order valence-corrected chi connectivity index (χ4v) is 2.63. The van der Waals surface area contributed by atoms with Gasteiger partial charge in [-0.3, -0.25) is 4.98 Å². The number of pyridine rings is 1. The van der Waals surface area contributed by atoms with E-state index in [4.69, 9.17) is 0 Å². The van der Waals surface area contributed by atoms with Crippen molar-refractivity contribution < 1.29 is 0 Å². The van der Waals surface area contributed by atoms with E-state index in [2.05, 4.69) is 47.1 Å². The van der Waals surface area contributed by atoms with Gasteiger partial charge in [-0.05, 0) is 12.1 Å². The molecule has 2 rings (SSSR count). The van der Waals surface area contributed by atoms with Crippen molar-refractivity contribution in [2.75, 3.05) is 18.5 Å². The van der Waals surface area contributed by atoms with Crippen molar-refractivity contribution in [1.29, 1.82) is 0 Å². The predicted octanol–water partition coefficient (Wildman–Crippen LogP) is 2.72. The molecular weight excluding hydrogens is 268 g/mol. The van der Waals surface area contributed by atoms with Crippen molar-refractivity contribution >= 4 is 16.5 Å². The number of anilines is 1. The number of nitrogens with zero attached hydrogens (tertiary/aromatic N) is 3. The van der Waals surface area contributed by atoms with Crippen molar-refractivity contribution in [2.24, 2.45) is 0 Å². The van der Waals surface area contributed by atoms with Crippen molar-refractivity contribution in [1.82, 2.24) is 15.3 Å². The van der Waals surface area contributed by atoms with Crippen LogP contribution < -0.4 is 10.2 Å². The van der Waals surface area contributed by atoms with Crippen LogP contribution in [0.3, 0.4) is 0 Å². The summed E-state index contributed by atoms with van der Waals surface area (Å²) in [6, 6.07) is 6.54. The average Bonchev–Trinajstić information content (AvgIpc) is 2.92. The second-order valence-corrected chi connectivity index (χ2v) is 6.23. The molecule has 0 fully saturated rings. The molecule has 1 N–H and O–H groups in total. The highest BCUT2D eigenvalue weighted by Crippen LogP contribution is 2.21. The van der Waals surface area contributed by atoms with E-state index in [0.29, 0.717) is 6.04 Å². The van der Waals surface area contributed by atoms with Gasteiger partial charge in [0.05, 0.1) is 0 Å². The molecule has 20 heavy (non-hydrogen) atoms. The van der Waals surface area contributed by atoms with Crippen molar-refractivity contribution in [2.45, 2.75) is 32.9 Å². The fraction of sp³-hybridized carbons (Fsp3) is 0.467. The van der Waals surface area contributed by atoms with Crippen LogP contribution in [0.15, 0.2) is 30.6 Å². The van der Waals surface area contributed by atoms with Crippen LogP contribution in [0.1, 0.15) is 24.4 Å². The zero-order valence-electron chi connectivity index (χ0n) is 12.3. The van der Waals surface area contributed by atoms with Gasteiger partial charge in [0.1, 0.15) is 0 Å². The van der Waals surface area contributed by atoms with Crippen molar-refractivity contribution in [3.8, 4) is 0 Å². The number of thiazole rings is 1. The lowest BCUT2D eigenvalue weighted by atomic mass is 10.2. The molecule has 2 aromatic heterocycles. The Hall–Kier alpha value is -1.46. The lowest BCUT2D eigenvalue weighted by molar-refractivity contribution is 0.593. The lowest BCUT2D eigenvalue weighted by Crippen LogP contribution is -2.21. The minimum atomic E-state index is 0.502. The third-order valence-electron chi connectivity index (χ3n) is 2.98. The molecule has 2 heterocycles. The predicted molar refractivity (Wildman–Crippen MR) is 85.3 cm³/mol. The van der Waals surface area contributed by atoms with Gasteiger partial charge in [0, 0.05) is 55.6 Å². The Labute approximate surface area is 124 Å². The van der Waals surface area contributed by atoms with E-state index in [1.165, 1.54) is 4.88 Å². The second kappa shape index (κ2) is 7.36. The molecule has 0 aliphatic rings. The Bertz CT molecular complexity index is 510. The fourth-order valence-electron chi connectivity index (χ4n) is 1.78. The number of hydrogen-bond donors (Lipinski definition) is 1. The third-order valence-corrected chi connectivity index (χ3v) is 4.09. The van der Waals surface area contributed by atoms with Gasteiger partial charge in [0.25, 0.3) is 0 Å². The quantitative estimate of drug-likeness (QED) is 0.851. The zero-order valence-corrected chi connectivity index (χ0v) is 13.2. The molecule has 0 saturated carbocycles. The van der Waals surface area contributed by atoms with E-state index in [0.717, 1.165) is 30.3 Å². The van der Waals surface area contributed by atoms with Gasteiger partial charge >= 0.3 is 0 Å². The molecule has 0 atom stereocenters. The van der Waals surface area contributed by atoms with E-state index in [-0.39, 0.29) is 0 Å². The molecular formula is C15H22N4S. The Morgan fingerprint density at radius 1 is 1.30 bits per heavy atom. The van der Waals surface area contributed by atoms with Crippen LogP contribution >= 0.6 is 11.3 Å². The molecule has 0 amide bonds. The third kappa shape index (κ3) is 4.58. The zero-order chi connectivity index (χ0) is 14.4. The highest BCUT2D eigenvalue weighted by molar-refractivity contribution is 7.15. The summed E-state index contributed by atoms with van der Waals surface area (Å²) in [5.74, 6) is 0. The number of rotatable bonds is 7. The maximum atomic E-state index is 4.49. The molecule has 0 aliphatic carbocycles. The standard InChI is InChI=1S/C15H22N4S/c1-12(2)17-10-14-11-18-15(20-14)19(3)9-7-13-6-4-5-8-16-13/h4-6,8,11-12,17H,7,9-10H2,1-3H3. The van der Waals surface area contributed by atoms with Crippen molar-refractivity contribution in [3.63, 3.8) is 0 Å². The first-order valence-corrected chi connectivity index (χ1v) is 7.76. The van der Waals surface area contributed by atoms with Crippen LogP contribution in [0.4, 0.5) is 5.13 Å². The molecule has 4 nitrogen and oxygen atoms in total. The summed E-state index contributed by atoms with van der Waals surface area (Å²) in [4.78, 5) is 12.3. The van der Waals surface area contributed by atoms with Crippen LogP contribution in [0.2, 0.25) is 0 Å². The molecule has 0 spiro atoms. The molecule has 5 heteroatoms. The monoisotopic (exact) mass is 290 g/mol. The van der Waals surface area contributed by atoms with Gasteiger partial charge < -0.3 is 10.2 Å². The smallest absolute Gasteiger partial charge is 0.185 e. The summed E-state index contributed by atoms with van der Waals surface area (Å²) in [6.45, 7) is 6.13. The Morgan fingerprint density at radius 3 is 2.85 bits per heavy atom. The van der Waals surface area contributed by atoms with Gasteiger partial charge in [-0.1, -0.05) is 19.9 Å². The van der Waals surface area contributed by atoms with Crippen LogP contribution in [0, 0.1) is 0 Å². The highest BCUT2D eigenvalue weighted by atomic mass is 32.1. The van der Waals surface area contributed by atoms with Gasteiger partial charge in [-0.25, -0.2) is 4.98 Å². The Morgan fingerprint density at radius 2 is 2.15 bits per heavy atom. The van der Waals surface area contributed by atoms with Crippen LogP contribution in [0.5, 0.6) is 0 Å². The average molecular weight is 290 g/mol. The topological polar surface area (TPSA) is 41.1 Å². The maximum absolute atomic E-state index is 4.49. The Balaban J connectivity index is 1.84. The second-order valence-electron chi connectivity index (χ2n) is 5.14. The number of nitrogens with one attached hydrogen (secondary N) is 1. The van der Waals surface area contributed by atoms with E-state index < -0.39 is 0 Å². The lowest BCUT2D eigenvalue weighted by Gasteiger charge is -2.15. The minimum absolute atomic E-state index is 0.502. The van der Waals surface area contributed by atoms with Crippen LogP contribution in [0.25, 0.3) is 0 Å². The molecule has 108 valence electrons. The Kier molecular flexibility index (Phi) is 5.49. The normalized spacial score (nSPS) is 11.0. The summed E-state index contributed by atoms with van der Waals surface area (Å²) in [5.41, 5.74) is 1.12. The van der Waals surface area contributed by atoms with Gasteiger partial charge in [0.2, 0.25) is 0 Å². The van der Waals surface area contributed by atoms with Gasteiger partial charge in [0.15, 0.2) is 5.13 Å². The van der Waals surface area contributed by atoms with Gasteiger partial charge in [-0.2, -0.15) is 0 Å². The van der Waals surface area contributed by atoms with E-state index >= 15 is 0 Å². The molecule has 0 saturated heterocycles. The highest BCUT2D eigenvalue weighted by Gasteiger charge is 2.07. The molecule has 0 aliphatic heterocycles. The first-order valence-electron chi connectivity index (χ1n) is 6.94. The summed E-state index contributed by atoms with van der Waals surface area (Å²) >= 11 is 1.75. The number of hydrogen-bond acceptors (Lipinski definition) is 5. The first kappa shape index (κ1) is 14.9. The molecule has 0 bridgehead atoms. The largest absolute Gasteiger partial charge is 0.351 e.